The van der Waals surface area contributed by atoms with Crippen molar-refractivity contribution in [1.82, 2.24) is 24.8 Å². The lowest BCUT2D eigenvalue weighted by Crippen LogP contribution is -2.44. The molecule has 2 N–H and O–H groups in total. The van der Waals surface area contributed by atoms with Crippen LogP contribution < -0.4 is 10.6 Å². The van der Waals surface area contributed by atoms with Gasteiger partial charge in [0.15, 0.2) is 5.65 Å². The largest absolute Gasteiger partial charge is 0.372 e. The van der Waals surface area contributed by atoms with Crippen LogP contribution in [-0.2, 0) is 0 Å². The van der Waals surface area contributed by atoms with Crippen LogP contribution in [0.4, 0.5) is 5.95 Å². The zero-order valence-corrected chi connectivity index (χ0v) is 19.0. The van der Waals surface area contributed by atoms with E-state index < -0.39 is 0 Å². The van der Waals surface area contributed by atoms with E-state index in [1.807, 2.05) is 53.9 Å². The van der Waals surface area contributed by atoms with Gasteiger partial charge in [0.1, 0.15) is 0 Å². The van der Waals surface area contributed by atoms with Crippen LogP contribution in [0.2, 0.25) is 0 Å². The van der Waals surface area contributed by atoms with Crippen LogP contribution in [0, 0.1) is 0 Å². The normalized spacial score (nSPS) is 16.6. The van der Waals surface area contributed by atoms with E-state index in [-0.39, 0.29) is 11.9 Å². The first-order chi connectivity index (χ1) is 16.2. The molecule has 1 aliphatic heterocycles. The molecule has 1 aromatic carbocycles. The summed E-state index contributed by atoms with van der Waals surface area (Å²) in [5.74, 6) is 0.605. The summed E-state index contributed by atoms with van der Waals surface area (Å²) in [6.07, 6.45) is 11.0. The van der Waals surface area contributed by atoms with Crippen molar-refractivity contribution in [1.29, 1.82) is 0 Å². The van der Waals surface area contributed by atoms with Gasteiger partial charge in [-0.25, -0.2) is 4.52 Å². The molecule has 1 amide bonds. The van der Waals surface area contributed by atoms with E-state index >= 15 is 0 Å². The summed E-state index contributed by atoms with van der Waals surface area (Å²) in [6.45, 7) is 4.75. The van der Waals surface area contributed by atoms with Crippen molar-refractivity contribution in [2.24, 2.45) is 0 Å². The molecule has 1 fully saturated rings. The van der Waals surface area contributed by atoms with E-state index in [9.17, 15) is 4.79 Å². The zero-order valence-electron chi connectivity index (χ0n) is 19.0. The Hall–Kier alpha value is -3.61. The highest BCUT2D eigenvalue weighted by Gasteiger charge is 2.22. The number of fused-ring (bicyclic) bond motifs is 1. The van der Waals surface area contributed by atoms with Gasteiger partial charge in [0.05, 0.1) is 5.69 Å². The van der Waals surface area contributed by atoms with Crippen molar-refractivity contribution in [3.05, 3.63) is 72.0 Å². The molecule has 0 radical (unpaired) electrons. The number of nitrogens with zero attached hydrogens (tertiary/aromatic N) is 4. The molecule has 170 valence electrons. The van der Waals surface area contributed by atoms with E-state index in [1.165, 1.54) is 5.70 Å². The van der Waals surface area contributed by atoms with Crippen LogP contribution in [0.5, 0.6) is 0 Å². The summed E-state index contributed by atoms with van der Waals surface area (Å²) in [6, 6.07) is 13.9. The lowest BCUT2D eigenvalue weighted by molar-refractivity contribution is 0.0918. The van der Waals surface area contributed by atoms with Crippen LogP contribution in [0.15, 0.2) is 66.4 Å². The average molecular weight is 443 g/mol. The number of carbonyl (C=O) groups excluding carboxylic acids is 1. The van der Waals surface area contributed by atoms with Gasteiger partial charge in [0.25, 0.3) is 5.91 Å². The molecule has 7 nitrogen and oxygen atoms in total. The minimum absolute atomic E-state index is 0.00910. The second-order valence-corrected chi connectivity index (χ2v) is 8.57. The molecule has 0 atom stereocenters. The van der Waals surface area contributed by atoms with Crippen LogP contribution in [0.1, 0.15) is 43.0 Å². The molecule has 3 heterocycles. The fourth-order valence-corrected chi connectivity index (χ4v) is 4.53. The van der Waals surface area contributed by atoms with Gasteiger partial charge < -0.3 is 15.5 Å². The first-order valence-corrected chi connectivity index (χ1v) is 11.8. The molecular formula is C26H30N6O. The SMILES string of the molecule is CCNc1nc2cccc(-c3ccc(C(=O)NC4CCN(C5=CCCC=C5)CC4)cc3)n2n1. The Morgan fingerprint density at radius 1 is 1.09 bits per heavy atom. The number of amides is 1. The Morgan fingerprint density at radius 3 is 2.64 bits per heavy atom. The molecule has 7 heteroatoms. The van der Waals surface area contributed by atoms with Gasteiger partial charge in [-0.05, 0) is 62.9 Å². The van der Waals surface area contributed by atoms with Crippen LogP contribution in [0.3, 0.4) is 0 Å². The fourth-order valence-electron chi connectivity index (χ4n) is 4.53. The van der Waals surface area contributed by atoms with Crippen molar-refractivity contribution < 1.29 is 4.79 Å². The van der Waals surface area contributed by atoms with Crippen molar-refractivity contribution in [3.8, 4) is 11.3 Å². The molecule has 5 rings (SSSR count). The minimum atomic E-state index is -0.00910. The van der Waals surface area contributed by atoms with Gasteiger partial charge in [-0.2, -0.15) is 4.98 Å². The summed E-state index contributed by atoms with van der Waals surface area (Å²) in [5.41, 5.74) is 4.73. The van der Waals surface area contributed by atoms with Crippen LogP contribution >= 0.6 is 0 Å². The first-order valence-electron chi connectivity index (χ1n) is 11.8. The number of aromatic nitrogens is 3. The summed E-state index contributed by atoms with van der Waals surface area (Å²) in [5, 5.41) is 10.9. The van der Waals surface area contributed by atoms with E-state index in [0.717, 1.165) is 62.2 Å². The minimum Gasteiger partial charge on any atom is -0.372 e. The number of hydrogen-bond donors (Lipinski definition) is 2. The van der Waals surface area contributed by atoms with E-state index in [0.29, 0.717) is 11.5 Å². The number of hydrogen-bond acceptors (Lipinski definition) is 5. The highest BCUT2D eigenvalue weighted by atomic mass is 16.1. The molecule has 0 saturated carbocycles. The molecule has 2 aromatic heterocycles. The number of rotatable bonds is 6. The number of carbonyl (C=O) groups is 1. The Labute approximate surface area is 194 Å². The second-order valence-electron chi connectivity index (χ2n) is 8.57. The second kappa shape index (κ2) is 9.48. The van der Waals surface area contributed by atoms with Gasteiger partial charge in [-0.3, -0.25) is 4.79 Å². The third-order valence-electron chi connectivity index (χ3n) is 6.31. The molecule has 0 spiro atoms. The number of likely N-dealkylation sites (tertiary alicyclic amines) is 1. The first kappa shape index (κ1) is 21.2. The Bertz CT molecular complexity index is 1190. The van der Waals surface area contributed by atoms with E-state index in [4.69, 9.17) is 0 Å². The van der Waals surface area contributed by atoms with Gasteiger partial charge >= 0.3 is 0 Å². The molecular weight excluding hydrogens is 412 g/mol. The lowest BCUT2D eigenvalue weighted by atomic mass is 10.0. The van der Waals surface area contributed by atoms with Crippen LogP contribution in [-0.4, -0.2) is 51.1 Å². The van der Waals surface area contributed by atoms with E-state index in [2.05, 4.69) is 43.8 Å². The maximum Gasteiger partial charge on any atom is 0.251 e. The standard InChI is InChI=1S/C26H30N6O/c1-2-27-26-29-24-10-6-9-23(32(24)30-26)19-11-13-20(14-12-19)25(33)28-21-15-17-31(18-16-21)22-7-4-3-5-8-22/h4,6-14,21H,2-3,5,15-18H2,1H3,(H,27,30)(H,28,33). The van der Waals surface area contributed by atoms with Gasteiger partial charge in [-0.15, -0.1) is 5.10 Å². The molecule has 0 unspecified atom stereocenters. The van der Waals surface area contributed by atoms with Gasteiger partial charge in [-0.1, -0.05) is 30.4 Å². The maximum absolute atomic E-state index is 12.8. The monoisotopic (exact) mass is 442 g/mol. The Balaban J connectivity index is 1.23. The topological polar surface area (TPSA) is 74.6 Å². The highest BCUT2D eigenvalue weighted by molar-refractivity contribution is 5.94. The summed E-state index contributed by atoms with van der Waals surface area (Å²) < 4.78 is 1.83. The quantitative estimate of drug-likeness (QED) is 0.597. The van der Waals surface area contributed by atoms with Gasteiger partial charge in [0, 0.05) is 42.5 Å². The zero-order chi connectivity index (χ0) is 22.6. The number of pyridine rings is 1. The molecule has 1 aliphatic carbocycles. The number of piperidine rings is 1. The smallest absolute Gasteiger partial charge is 0.251 e. The fraction of sp³-hybridized carbons (Fsp3) is 0.346. The summed E-state index contributed by atoms with van der Waals surface area (Å²) in [7, 11) is 0. The summed E-state index contributed by atoms with van der Waals surface area (Å²) >= 11 is 0. The predicted molar refractivity (Wildman–Crippen MR) is 131 cm³/mol. The molecule has 0 bridgehead atoms. The van der Waals surface area contributed by atoms with Crippen molar-refractivity contribution in [2.75, 3.05) is 25.0 Å². The van der Waals surface area contributed by atoms with Crippen molar-refractivity contribution >= 4 is 17.5 Å². The van der Waals surface area contributed by atoms with E-state index in [1.54, 1.807) is 0 Å². The van der Waals surface area contributed by atoms with Crippen molar-refractivity contribution in [2.45, 2.75) is 38.6 Å². The number of anilines is 1. The number of allylic oxidation sites excluding steroid dienone is 3. The van der Waals surface area contributed by atoms with Crippen molar-refractivity contribution in [3.63, 3.8) is 0 Å². The predicted octanol–water partition coefficient (Wildman–Crippen LogP) is 4.26. The maximum atomic E-state index is 12.8. The molecule has 1 saturated heterocycles. The lowest BCUT2D eigenvalue weighted by Gasteiger charge is -2.35. The summed E-state index contributed by atoms with van der Waals surface area (Å²) in [4.78, 5) is 19.8. The molecule has 33 heavy (non-hydrogen) atoms. The third kappa shape index (κ3) is 4.62. The highest BCUT2D eigenvalue weighted by Crippen LogP contribution is 2.23. The molecule has 3 aromatic rings. The average Bonchev–Trinajstić information content (AvgIpc) is 3.28. The van der Waals surface area contributed by atoms with Gasteiger partial charge in [0.2, 0.25) is 5.95 Å². The molecule has 2 aliphatic rings. The number of benzene rings is 1. The van der Waals surface area contributed by atoms with Crippen LogP contribution in [0.25, 0.3) is 16.9 Å². The Morgan fingerprint density at radius 2 is 1.91 bits per heavy atom. The third-order valence-corrected chi connectivity index (χ3v) is 6.31. The Kier molecular flexibility index (Phi) is 6.11. The number of nitrogens with one attached hydrogen (secondary N) is 2.